The van der Waals surface area contributed by atoms with Gasteiger partial charge >= 0.3 is 0 Å². The molecule has 0 aliphatic carbocycles. The number of ether oxygens (including phenoxy) is 1. The minimum absolute atomic E-state index is 0.107. The van der Waals surface area contributed by atoms with E-state index in [1.54, 1.807) is 0 Å². The molecule has 2 aromatic rings. The van der Waals surface area contributed by atoms with Crippen molar-refractivity contribution < 1.29 is 13.7 Å². The van der Waals surface area contributed by atoms with Crippen LogP contribution >= 0.6 is 0 Å². The van der Waals surface area contributed by atoms with Gasteiger partial charge in [-0.25, -0.2) is 4.39 Å². The molecular weight excluding hydrogens is 261 g/mol. The van der Waals surface area contributed by atoms with Crippen molar-refractivity contribution in [3.63, 3.8) is 0 Å². The van der Waals surface area contributed by atoms with E-state index >= 15 is 0 Å². The lowest BCUT2D eigenvalue weighted by atomic mass is 10.1. The molecule has 0 amide bonds. The fourth-order valence-electron chi connectivity index (χ4n) is 1.91. The molecule has 5 nitrogen and oxygen atoms in total. The van der Waals surface area contributed by atoms with Crippen molar-refractivity contribution in [1.29, 1.82) is 0 Å². The second-order valence-corrected chi connectivity index (χ2v) is 4.82. The van der Waals surface area contributed by atoms with Crippen LogP contribution < -0.4 is 5.73 Å². The number of nitrogens with two attached hydrogens (primary N) is 1. The molecule has 1 aromatic carbocycles. The lowest BCUT2D eigenvalue weighted by Gasteiger charge is -2.16. The highest BCUT2D eigenvalue weighted by molar-refractivity contribution is 5.60. The molecule has 2 rings (SSSR count). The maximum Gasteiger partial charge on any atom is 0.261 e. The van der Waals surface area contributed by atoms with Gasteiger partial charge in [0.15, 0.2) is 0 Å². The Morgan fingerprint density at radius 3 is 2.80 bits per heavy atom. The molecule has 0 aliphatic heterocycles. The van der Waals surface area contributed by atoms with Crippen LogP contribution in [0.25, 0.3) is 11.5 Å². The summed E-state index contributed by atoms with van der Waals surface area (Å²) in [7, 11) is 0. The Morgan fingerprint density at radius 2 is 2.15 bits per heavy atom. The molecule has 1 aromatic heterocycles. The molecule has 0 bridgehead atoms. The first-order chi connectivity index (χ1) is 9.52. The quantitative estimate of drug-likeness (QED) is 0.851. The van der Waals surface area contributed by atoms with Gasteiger partial charge < -0.3 is 15.0 Å². The van der Waals surface area contributed by atoms with Gasteiger partial charge in [-0.05, 0) is 31.0 Å². The lowest BCUT2D eigenvalue weighted by Crippen LogP contribution is -2.12. The number of anilines is 1. The van der Waals surface area contributed by atoms with Crippen LogP contribution in [0.4, 0.5) is 10.1 Å². The van der Waals surface area contributed by atoms with Crippen molar-refractivity contribution in [2.24, 2.45) is 5.92 Å². The zero-order valence-corrected chi connectivity index (χ0v) is 11.8. The molecule has 2 N–H and O–H groups in total. The molecule has 6 heteroatoms. The van der Waals surface area contributed by atoms with Crippen LogP contribution in [-0.4, -0.2) is 16.7 Å². The van der Waals surface area contributed by atoms with Gasteiger partial charge in [-0.15, -0.1) is 0 Å². The van der Waals surface area contributed by atoms with E-state index in [9.17, 15) is 4.39 Å². The number of hydrogen-bond acceptors (Lipinski definition) is 5. The highest BCUT2D eigenvalue weighted by atomic mass is 19.1. The normalized spacial score (nSPS) is 12.8. The summed E-state index contributed by atoms with van der Waals surface area (Å²) in [6.07, 6.45) is -0.276. The Morgan fingerprint density at radius 1 is 1.40 bits per heavy atom. The molecular formula is C14H18FN3O2. The average molecular weight is 279 g/mol. The molecule has 108 valence electrons. The Labute approximate surface area is 116 Å². The zero-order valence-electron chi connectivity index (χ0n) is 11.8. The molecule has 20 heavy (non-hydrogen) atoms. The zero-order chi connectivity index (χ0) is 14.7. The summed E-state index contributed by atoms with van der Waals surface area (Å²) in [4.78, 5) is 4.22. The third-order valence-corrected chi connectivity index (χ3v) is 2.87. The van der Waals surface area contributed by atoms with Crippen LogP contribution in [0.5, 0.6) is 0 Å². The molecule has 1 atom stereocenters. The van der Waals surface area contributed by atoms with E-state index in [-0.39, 0.29) is 23.5 Å². The van der Waals surface area contributed by atoms with Crippen LogP contribution in [0.3, 0.4) is 0 Å². The monoisotopic (exact) mass is 279 g/mol. The molecule has 0 radical (unpaired) electrons. The van der Waals surface area contributed by atoms with Gasteiger partial charge in [-0.3, -0.25) is 0 Å². The first-order valence-electron chi connectivity index (χ1n) is 6.53. The second kappa shape index (κ2) is 6.00. The van der Waals surface area contributed by atoms with Crippen molar-refractivity contribution in [2.45, 2.75) is 26.9 Å². The molecule has 0 fully saturated rings. The first kappa shape index (κ1) is 14.5. The van der Waals surface area contributed by atoms with Crippen molar-refractivity contribution in [3.8, 4) is 11.5 Å². The Hall–Kier alpha value is -1.95. The SMILES string of the molecule is CCOC(c1noc(-c2cc(N)ccc2F)n1)C(C)C. The van der Waals surface area contributed by atoms with E-state index in [0.29, 0.717) is 18.1 Å². The van der Waals surface area contributed by atoms with Gasteiger partial charge in [-0.2, -0.15) is 4.98 Å². The van der Waals surface area contributed by atoms with E-state index in [4.69, 9.17) is 15.0 Å². The maximum absolute atomic E-state index is 13.8. The summed E-state index contributed by atoms with van der Waals surface area (Å²) in [5, 5.41) is 3.88. The smallest absolute Gasteiger partial charge is 0.261 e. The Balaban J connectivity index is 2.34. The predicted molar refractivity (Wildman–Crippen MR) is 73.3 cm³/mol. The van der Waals surface area contributed by atoms with Crippen LogP contribution in [-0.2, 0) is 4.74 Å². The van der Waals surface area contributed by atoms with E-state index in [1.165, 1.54) is 18.2 Å². The molecule has 1 heterocycles. The number of nitrogen functional groups attached to an aromatic ring is 1. The molecule has 0 saturated heterocycles. The summed E-state index contributed by atoms with van der Waals surface area (Å²) in [5.74, 6) is 0.256. The van der Waals surface area contributed by atoms with Crippen molar-refractivity contribution in [1.82, 2.24) is 10.1 Å². The third kappa shape index (κ3) is 2.96. The van der Waals surface area contributed by atoms with Gasteiger partial charge in [0.2, 0.25) is 5.82 Å². The number of benzene rings is 1. The fraction of sp³-hybridized carbons (Fsp3) is 0.429. The Kier molecular flexibility index (Phi) is 4.34. The maximum atomic E-state index is 13.8. The van der Waals surface area contributed by atoms with Gasteiger partial charge in [0.1, 0.15) is 11.9 Å². The highest BCUT2D eigenvalue weighted by Gasteiger charge is 2.23. The van der Waals surface area contributed by atoms with E-state index < -0.39 is 5.82 Å². The summed E-state index contributed by atoms with van der Waals surface area (Å²) >= 11 is 0. The Bertz CT molecular complexity index is 584. The first-order valence-corrected chi connectivity index (χ1v) is 6.53. The van der Waals surface area contributed by atoms with E-state index in [1.807, 2.05) is 20.8 Å². The lowest BCUT2D eigenvalue weighted by molar-refractivity contribution is 0.0217. The topological polar surface area (TPSA) is 74.2 Å². The number of halogens is 1. The summed E-state index contributed by atoms with van der Waals surface area (Å²) < 4.78 is 24.5. The molecule has 0 saturated carbocycles. The van der Waals surface area contributed by atoms with Crippen molar-refractivity contribution >= 4 is 5.69 Å². The summed E-state index contributed by atoms with van der Waals surface area (Å²) in [5.41, 5.74) is 6.28. The number of aromatic nitrogens is 2. The van der Waals surface area contributed by atoms with Crippen molar-refractivity contribution in [2.75, 3.05) is 12.3 Å². The predicted octanol–water partition coefficient (Wildman–Crippen LogP) is 3.19. The minimum Gasteiger partial charge on any atom is -0.399 e. The van der Waals surface area contributed by atoms with Crippen LogP contribution in [0.1, 0.15) is 32.7 Å². The molecule has 1 unspecified atom stereocenters. The number of rotatable bonds is 5. The highest BCUT2D eigenvalue weighted by Crippen LogP contribution is 2.28. The largest absolute Gasteiger partial charge is 0.399 e. The number of hydrogen-bond donors (Lipinski definition) is 1. The molecule has 0 spiro atoms. The summed E-state index contributed by atoms with van der Waals surface area (Å²) in [6.45, 7) is 6.43. The van der Waals surface area contributed by atoms with Crippen LogP contribution in [0, 0.1) is 11.7 Å². The number of nitrogens with zero attached hydrogens (tertiary/aromatic N) is 2. The van der Waals surface area contributed by atoms with Gasteiger partial charge in [0.25, 0.3) is 5.89 Å². The van der Waals surface area contributed by atoms with E-state index in [0.717, 1.165) is 0 Å². The average Bonchev–Trinajstić information content (AvgIpc) is 2.87. The van der Waals surface area contributed by atoms with Crippen LogP contribution in [0.2, 0.25) is 0 Å². The standard InChI is InChI=1S/C14H18FN3O2/c1-4-19-12(8(2)3)13-17-14(20-18-13)10-7-9(16)5-6-11(10)15/h5-8,12H,4,16H2,1-3H3. The van der Waals surface area contributed by atoms with Gasteiger partial charge in [-0.1, -0.05) is 19.0 Å². The third-order valence-electron chi connectivity index (χ3n) is 2.87. The minimum atomic E-state index is -0.452. The van der Waals surface area contributed by atoms with E-state index in [2.05, 4.69) is 10.1 Å². The van der Waals surface area contributed by atoms with Gasteiger partial charge in [0.05, 0.1) is 5.56 Å². The van der Waals surface area contributed by atoms with Crippen molar-refractivity contribution in [3.05, 3.63) is 29.8 Å². The van der Waals surface area contributed by atoms with Gasteiger partial charge in [0, 0.05) is 12.3 Å². The fourth-order valence-corrected chi connectivity index (χ4v) is 1.91. The van der Waals surface area contributed by atoms with Crippen LogP contribution in [0.15, 0.2) is 22.7 Å². The summed E-state index contributed by atoms with van der Waals surface area (Å²) in [6, 6.07) is 4.22. The molecule has 0 aliphatic rings. The second-order valence-electron chi connectivity index (χ2n) is 4.82.